The number of carbonyl (C=O) groups excluding carboxylic acids is 1. The number of halogens is 1. The van der Waals surface area contributed by atoms with Crippen LogP contribution in [0, 0.1) is 0 Å². The second-order valence-corrected chi connectivity index (χ2v) is 8.98. The molecule has 7 heteroatoms. The fourth-order valence-electron chi connectivity index (χ4n) is 2.78. The second kappa shape index (κ2) is 7.78. The molecule has 4 rings (SSSR count). The third-order valence-corrected chi connectivity index (χ3v) is 7.42. The topological polar surface area (TPSA) is 57.8 Å². The fraction of sp³-hybridized carbons (Fsp3) is 0.158. The Balaban J connectivity index is 1.51. The lowest BCUT2D eigenvalue weighted by Crippen LogP contribution is -2.12. The number of thioether (sulfide) groups is 2. The Morgan fingerprint density at radius 2 is 1.92 bits per heavy atom. The van der Waals surface area contributed by atoms with E-state index in [0.717, 1.165) is 11.1 Å². The molecule has 2 N–H and O–H groups in total. The maximum absolute atomic E-state index is 12.6. The molecule has 1 amide bonds. The third-order valence-electron chi connectivity index (χ3n) is 4.08. The number of hydrogen-bond acceptors (Lipinski definition) is 4. The molecule has 3 aromatic rings. The van der Waals surface area contributed by atoms with Crippen molar-refractivity contribution in [2.75, 3.05) is 16.8 Å². The van der Waals surface area contributed by atoms with Crippen LogP contribution in [-0.2, 0) is 0 Å². The van der Waals surface area contributed by atoms with E-state index in [-0.39, 0.29) is 5.91 Å². The molecule has 1 aliphatic rings. The summed E-state index contributed by atoms with van der Waals surface area (Å²) < 4.78 is 0.481. The van der Waals surface area contributed by atoms with Crippen LogP contribution in [0.3, 0.4) is 0 Å². The van der Waals surface area contributed by atoms with Crippen LogP contribution in [0.25, 0.3) is 11.1 Å². The molecule has 4 nitrogen and oxygen atoms in total. The average molecular weight is 402 g/mol. The number of anilines is 1. The third kappa shape index (κ3) is 3.77. The number of aromatic nitrogens is 2. The maximum Gasteiger partial charge on any atom is 0.256 e. The largest absolute Gasteiger partial charge is 0.306 e. The Morgan fingerprint density at radius 3 is 2.65 bits per heavy atom. The summed E-state index contributed by atoms with van der Waals surface area (Å²) in [5.74, 6) is 2.76. The Bertz CT molecular complexity index is 921. The summed E-state index contributed by atoms with van der Waals surface area (Å²) in [6.45, 7) is 0. The van der Waals surface area contributed by atoms with E-state index < -0.39 is 0 Å². The lowest BCUT2D eigenvalue weighted by molar-refractivity contribution is 0.102. The summed E-state index contributed by atoms with van der Waals surface area (Å²) in [4.78, 5) is 12.6. The van der Waals surface area contributed by atoms with Crippen LogP contribution in [0.2, 0.25) is 5.02 Å². The zero-order chi connectivity index (χ0) is 17.9. The smallest absolute Gasteiger partial charge is 0.256 e. The summed E-state index contributed by atoms with van der Waals surface area (Å²) >= 11 is 9.97. The van der Waals surface area contributed by atoms with Gasteiger partial charge in [-0.1, -0.05) is 35.9 Å². The van der Waals surface area contributed by atoms with Crippen molar-refractivity contribution in [3.63, 3.8) is 0 Å². The van der Waals surface area contributed by atoms with E-state index in [2.05, 4.69) is 15.5 Å². The van der Waals surface area contributed by atoms with Gasteiger partial charge < -0.3 is 5.32 Å². The molecule has 1 fully saturated rings. The predicted molar refractivity (Wildman–Crippen MR) is 111 cm³/mol. The number of hydrogen-bond donors (Lipinski definition) is 2. The van der Waals surface area contributed by atoms with Gasteiger partial charge in [0.25, 0.3) is 5.91 Å². The highest BCUT2D eigenvalue weighted by molar-refractivity contribution is 8.19. The van der Waals surface area contributed by atoms with E-state index >= 15 is 0 Å². The zero-order valence-corrected chi connectivity index (χ0v) is 16.1. The van der Waals surface area contributed by atoms with Crippen molar-refractivity contribution in [1.29, 1.82) is 0 Å². The monoisotopic (exact) mass is 401 g/mol. The Kier molecular flexibility index (Phi) is 5.24. The molecular formula is C19H16ClN3OS2. The molecule has 0 unspecified atom stereocenters. The van der Waals surface area contributed by atoms with Crippen LogP contribution >= 0.6 is 35.1 Å². The number of nitrogens with zero attached hydrogens (tertiary/aromatic N) is 1. The maximum atomic E-state index is 12.6. The summed E-state index contributed by atoms with van der Waals surface area (Å²) in [6.07, 6.45) is 1.68. The number of amides is 1. The molecule has 0 atom stereocenters. The van der Waals surface area contributed by atoms with Crippen molar-refractivity contribution in [1.82, 2.24) is 10.2 Å². The average Bonchev–Trinajstić information content (AvgIpc) is 3.34. The van der Waals surface area contributed by atoms with Crippen LogP contribution in [0.5, 0.6) is 0 Å². The standard InChI is InChI=1S/C19H16ClN3OS2/c20-15-3-1-2-14(10-15)16-11-21-23-17(16)22-18(24)12-4-6-13(7-5-12)19-25-8-9-26-19/h1-7,10-11,19H,8-9H2,(H2,21,22,23,24). The van der Waals surface area contributed by atoms with Crippen molar-refractivity contribution in [3.8, 4) is 11.1 Å². The van der Waals surface area contributed by atoms with Crippen LogP contribution in [-0.4, -0.2) is 27.6 Å². The van der Waals surface area contributed by atoms with Crippen molar-refractivity contribution in [3.05, 3.63) is 70.9 Å². The highest BCUT2D eigenvalue weighted by atomic mass is 35.5. The van der Waals surface area contributed by atoms with Gasteiger partial charge in [0.1, 0.15) is 5.82 Å². The van der Waals surface area contributed by atoms with Crippen LogP contribution in [0.15, 0.2) is 54.7 Å². The lowest BCUT2D eigenvalue weighted by Gasteiger charge is -2.10. The van der Waals surface area contributed by atoms with E-state index in [1.807, 2.05) is 72.1 Å². The fourth-order valence-corrected chi connectivity index (χ4v) is 5.83. The SMILES string of the molecule is O=C(Nc1[nH]ncc1-c1cccc(Cl)c1)c1ccc(C2SCCS2)cc1. The molecule has 2 heterocycles. The minimum atomic E-state index is -0.171. The molecule has 1 aromatic heterocycles. The minimum absolute atomic E-state index is 0.171. The van der Waals surface area contributed by atoms with Gasteiger partial charge in [0.05, 0.1) is 10.8 Å². The number of rotatable bonds is 4. The van der Waals surface area contributed by atoms with Crippen molar-refractivity contribution >= 4 is 46.8 Å². The number of nitrogens with one attached hydrogen (secondary N) is 2. The lowest BCUT2D eigenvalue weighted by atomic mass is 10.1. The Morgan fingerprint density at radius 1 is 1.15 bits per heavy atom. The normalized spacial score (nSPS) is 14.5. The highest BCUT2D eigenvalue weighted by Crippen LogP contribution is 2.45. The molecule has 0 spiro atoms. The van der Waals surface area contributed by atoms with E-state index in [1.165, 1.54) is 17.1 Å². The Labute approximate surface area is 165 Å². The van der Waals surface area contributed by atoms with Gasteiger partial charge in [-0.15, -0.1) is 23.5 Å². The first kappa shape index (κ1) is 17.5. The molecule has 0 radical (unpaired) electrons. The molecular weight excluding hydrogens is 386 g/mol. The number of benzene rings is 2. The minimum Gasteiger partial charge on any atom is -0.306 e. The predicted octanol–water partition coefficient (Wildman–Crippen LogP) is 5.46. The molecule has 1 saturated heterocycles. The summed E-state index contributed by atoms with van der Waals surface area (Å²) in [7, 11) is 0. The molecule has 0 aliphatic carbocycles. The first-order valence-corrected chi connectivity index (χ1v) is 10.6. The first-order chi connectivity index (χ1) is 12.7. The summed E-state index contributed by atoms with van der Waals surface area (Å²) in [5.41, 5.74) is 3.58. The Hall–Kier alpha value is -1.89. The van der Waals surface area contributed by atoms with Gasteiger partial charge in [-0.2, -0.15) is 5.10 Å². The van der Waals surface area contributed by atoms with Crippen LogP contribution in [0.1, 0.15) is 20.5 Å². The summed E-state index contributed by atoms with van der Waals surface area (Å²) in [5, 5.41) is 10.4. The molecule has 132 valence electrons. The molecule has 26 heavy (non-hydrogen) atoms. The van der Waals surface area contributed by atoms with E-state index in [9.17, 15) is 4.79 Å². The highest BCUT2D eigenvalue weighted by Gasteiger charge is 2.19. The van der Waals surface area contributed by atoms with Crippen LogP contribution in [0.4, 0.5) is 5.82 Å². The molecule has 0 saturated carbocycles. The van der Waals surface area contributed by atoms with Crippen molar-refractivity contribution in [2.45, 2.75) is 4.58 Å². The van der Waals surface area contributed by atoms with Gasteiger partial charge in [-0.05, 0) is 35.4 Å². The molecule has 0 bridgehead atoms. The van der Waals surface area contributed by atoms with Gasteiger partial charge in [-0.25, -0.2) is 0 Å². The van der Waals surface area contributed by atoms with Crippen molar-refractivity contribution in [2.24, 2.45) is 0 Å². The van der Waals surface area contributed by atoms with E-state index in [4.69, 9.17) is 11.6 Å². The van der Waals surface area contributed by atoms with E-state index in [0.29, 0.717) is 21.0 Å². The van der Waals surface area contributed by atoms with Gasteiger partial charge in [0, 0.05) is 27.7 Å². The second-order valence-electron chi connectivity index (χ2n) is 5.82. The van der Waals surface area contributed by atoms with Gasteiger partial charge in [0.15, 0.2) is 0 Å². The number of carbonyl (C=O) groups is 1. The molecule has 2 aromatic carbocycles. The van der Waals surface area contributed by atoms with Gasteiger partial charge in [-0.3, -0.25) is 9.89 Å². The zero-order valence-electron chi connectivity index (χ0n) is 13.7. The molecule has 1 aliphatic heterocycles. The number of aromatic amines is 1. The van der Waals surface area contributed by atoms with Gasteiger partial charge >= 0.3 is 0 Å². The summed E-state index contributed by atoms with van der Waals surface area (Å²) in [6, 6.07) is 15.3. The first-order valence-electron chi connectivity index (χ1n) is 8.14. The van der Waals surface area contributed by atoms with Gasteiger partial charge in [0.2, 0.25) is 0 Å². The van der Waals surface area contributed by atoms with Crippen molar-refractivity contribution < 1.29 is 4.79 Å². The quantitative estimate of drug-likeness (QED) is 0.609. The van der Waals surface area contributed by atoms with E-state index in [1.54, 1.807) is 6.20 Å². The van der Waals surface area contributed by atoms with Crippen LogP contribution < -0.4 is 5.32 Å². The number of H-pyrrole nitrogens is 1.